The third kappa shape index (κ3) is 6.12. The van der Waals surface area contributed by atoms with Gasteiger partial charge in [-0.2, -0.15) is 0 Å². The predicted octanol–water partition coefficient (Wildman–Crippen LogP) is 0.428. The van der Waals surface area contributed by atoms with E-state index in [1.165, 1.54) is 6.92 Å². The van der Waals surface area contributed by atoms with Crippen LogP contribution in [0.2, 0.25) is 0 Å². The van der Waals surface area contributed by atoms with Gasteiger partial charge >= 0.3 is 5.97 Å². The van der Waals surface area contributed by atoms with Gasteiger partial charge in [-0.1, -0.05) is 0 Å². The van der Waals surface area contributed by atoms with E-state index in [-0.39, 0.29) is 0 Å². The smallest absolute Gasteiger partial charge is 0.332 e. The summed E-state index contributed by atoms with van der Waals surface area (Å²) in [5.41, 5.74) is 0. The number of aliphatic carboxylic acids is 1. The van der Waals surface area contributed by atoms with E-state index in [9.17, 15) is 4.79 Å². The standard InChI is InChI=1S/C8H17NO3/c1-7(8(10)11)12-6-4-5-9(2)3/h7H,4-6H2,1-3H3,(H,10,11)/t7-/m0/s1. The quantitative estimate of drug-likeness (QED) is 0.595. The summed E-state index contributed by atoms with van der Waals surface area (Å²) in [6.07, 6.45) is 0.178. The summed E-state index contributed by atoms with van der Waals surface area (Å²) in [6.45, 7) is 2.97. The Morgan fingerprint density at radius 3 is 2.58 bits per heavy atom. The molecule has 0 aromatic heterocycles. The molecule has 0 aliphatic heterocycles. The van der Waals surface area contributed by atoms with E-state index in [0.29, 0.717) is 6.61 Å². The molecule has 0 saturated carbocycles. The zero-order chi connectivity index (χ0) is 9.56. The maximum atomic E-state index is 10.3. The van der Waals surface area contributed by atoms with Crippen molar-refractivity contribution in [3.05, 3.63) is 0 Å². The van der Waals surface area contributed by atoms with Crippen LogP contribution in [0.1, 0.15) is 13.3 Å². The molecule has 4 nitrogen and oxygen atoms in total. The highest BCUT2D eigenvalue weighted by molar-refractivity contribution is 5.71. The van der Waals surface area contributed by atoms with Gasteiger partial charge in [-0.3, -0.25) is 0 Å². The lowest BCUT2D eigenvalue weighted by molar-refractivity contribution is -0.149. The van der Waals surface area contributed by atoms with Crippen molar-refractivity contribution >= 4 is 5.97 Å². The van der Waals surface area contributed by atoms with Crippen molar-refractivity contribution in [2.45, 2.75) is 19.4 Å². The van der Waals surface area contributed by atoms with Crippen LogP contribution in [0.4, 0.5) is 0 Å². The molecule has 0 aromatic carbocycles. The largest absolute Gasteiger partial charge is 0.479 e. The Morgan fingerprint density at radius 2 is 2.17 bits per heavy atom. The Bertz CT molecular complexity index is 136. The molecule has 0 heterocycles. The number of carbonyl (C=O) groups is 1. The van der Waals surface area contributed by atoms with Crippen LogP contribution < -0.4 is 0 Å². The molecular weight excluding hydrogens is 158 g/mol. The van der Waals surface area contributed by atoms with E-state index in [1.807, 2.05) is 19.0 Å². The number of nitrogens with zero attached hydrogens (tertiary/aromatic N) is 1. The fourth-order valence-electron chi connectivity index (χ4n) is 0.712. The van der Waals surface area contributed by atoms with Crippen LogP contribution in [0.5, 0.6) is 0 Å². The van der Waals surface area contributed by atoms with Crippen LogP contribution in [-0.4, -0.2) is 49.3 Å². The van der Waals surface area contributed by atoms with Crippen LogP contribution >= 0.6 is 0 Å². The maximum Gasteiger partial charge on any atom is 0.332 e. The lowest BCUT2D eigenvalue weighted by Crippen LogP contribution is -2.22. The van der Waals surface area contributed by atoms with Gasteiger partial charge < -0.3 is 14.7 Å². The van der Waals surface area contributed by atoms with Crippen molar-refractivity contribution in [2.75, 3.05) is 27.2 Å². The molecular formula is C8H17NO3. The second kappa shape index (κ2) is 5.97. The molecule has 1 N–H and O–H groups in total. The Labute approximate surface area is 73.1 Å². The zero-order valence-corrected chi connectivity index (χ0v) is 7.91. The third-order valence-corrected chi connectivity index (χ3v) is 1.47. The molecule has 72 valence electrons. The molecule has 4 heteroatoms. The number of hydrogen-bond donors (Lipinski definition) is 1. The molecule has 0 amide bonds. The van der Waals surface area contributed by atoms with E-state index in [2.05, 4.69) is 0 Å². The SMILES string of the molecule is C[C@H](OCCCN(C)C)C(=O)O. The molecule has 0 unspecified atom stereocenters. The molecule has 0 aliphatic rings. The van der Waals surface area contributed by atoms with Crippen LogP contribution in [0.3, 0.4) is 0 Å². The molecule has 0 saturated heterocycles. The van der Waals surface area contributed by atoms with Gasteiger partial charge in [0, 0.05) is 6.61 Å². The van der Waals surface area contributed by atoms with Gasteiger partial charge in [-0.15, -0.1) is 0 Å². The van der Waals surface area contributed by atoms with Gasteiger partial charge in [0.15, 0.2) is 6.10 Å². The summed E-state index contributed by atoms with van der Waals surface area (Å²) in [5, 5.41) is 8.46. The number of carboxylic acid groups (broad SMARTS) is 1. The molecule has 1 atom stereocenters. The molecule has 0 bridgehead atoms. The summed E-state index contributed by atoms with van der Waals surface area (Å²) >= 11 is 0. The molecule has 12 heavy (non-hydrogen) atoms. The van der Waals surface area contributed by atoms with Gasteiger partial charge in [0.2, 0.25) is 0 Å². The normalized spacial score (nSPS) is 13.3. The highest BCUT2D eigenvalue weighted by Gasteiger charge is 2.09. The van der Waals surface area contributed by atoms with Crippen molar-refractivity contribution in [3.8, 4) is 0 Å². The maximum absolute atomic E-state index is 10.3. The molecule has 0 fully saturated rings. The Kier molecular flexibility index (Phi) is 5.66. The minimum Gasteiger partial charge on any atom is -0.479 e. The third-order valence-electron chi connectivity index (χ3n) is 1.47. The summed E-state index contributed by atoms with van der Waals surface area (Å²) in [5.74, 6) is -0.903. The Morgan fingerprint density at radius 1 is 1.58 bits per heavy atom. The average Bonchev–Trinajstić information content (AvgIpc) is 1.97. The van der Waals surface area contributed by atoms with E-state index >= 15 is 0 Å². The Hall–Kier alpha value is -0.610. The van der Waals surface area contributed by atoms with Crippen molar-refractivity contribution in [1.82, 2.24) is 4.90 Å². The van der Waals surface area contributed by atoms with E-state index in [0.717, 1.165) is 13.0 Å². The van der Waals surface area contributed by atoms with Gasteiger partial charge in [0.05, 0.1) is 0 Å². The number of hydrogen-bond acceptors (Lipinski definition) is 3. The first-order valence-electron chi connectivity index (χ1n) is 4.03. The first kappa shape index (κ1) is 11.4. The number of ether oxygens (including phenoxy) is 1. The van der Waals surface area contributed by atoms with Gasteiger partial charge in [-0.25, -0.2) is 4.79 Å². The molecule has 0 radical (unpaired) electrons. The van der Waals surface area contributed by atoms with Crippen molar-refractivity contribution < 1.29 is 14.6 Å². The summed E-state index contributed by atoms with van der Waals surface area (Å²) in [7, 11) is 3.95. The predicted molar refractivity (Wildman–Crippen MR) is 46.2 cm³/mol. The highest BCUT2D eigenvalue weighted by atomic mass is 16.5. The van der Waals surface area contributed by atoms with Crippen molar-refractivity contribution in [1.29, 1.82) is 0 Å². The molecule has 0 aromatic rings. The topological polar surface area (TPSA) is 49.8 Å². The number of carboxylic acids is 1. The van der Waals surface area contributed by atoms with Gasteiger partial charge in [0.25, 0.3) is 0 Å². The first-order chi connectivity index (χ1) is 5.54. The fourth-order valence-corrected chi connectivity index (χ4v) is 0.712. The lowest BCUT2D eigenvalue weighted by atomic mass is 10.4. The minimum atomic E-state index is -0.903. The van der Waals surface area contributed by atoms with E-state index in [1.54, 1.807) is 0 Å². The van der Waals surface area contributed by atoms with Crippen LogP contribution in [-0.2, 0) is 9.53 Å². The van der Waals surface area contributed by atoms with Crippen LogP contribution in [0.15, 0.2) is 0 Å². The fraction of sp³-hybridized carbons (Fsp3) is 0.875. The highest BCUT2D eigenvalue weighted by Crippen LogP contribution is 1.92. The average molecular weight is 175 g/mol. The van der Waals surface area contributed by atoms with Crippen molar-refractivity contribution in [2.24, 2.45) is 0 Å². The van der Waals surface area contributed by atoms with Crippen molar-refractivity contribution in [3.63, 3.8) is 0 Å². The van der Waals surface area contributed by atoms with Gasteiger partial charge in [-0.05, 0) is 34.0 Å². The molecule has 0 aliphatic carbocycles. The summed E-state index contributed by atoms with van der Waals surface area (Å²) in [4.78, 5) is 12.3. The second-order valence-corrected chi connectivity index (χ2v) is 3.01. The zero-order valence-electron chi connectivity index (χ0n) is 7.91. The monoisotopic (exact) mass is 175 g/mol. The number of rotatable bonds is 6. The minimum absolute atomic E-state index is 0.506. The lowest BCUT2D eigenvalue weighted by Gasteiger charge is -2.11. The summed E-state index contributed by atoms with van der Waals surface area (Å²) < 4.78 is 5.03. The molecule has 0 rings (SSSR count). The van der Waals surface area contributed by atoms with E-state index in [4.69, 9.17) is 9.84 Å². The van der Waals surface area contributed by atoms with Crippen LogP contribution in [0, 0.1) is 0 Å². The molecule has 0 spiro atoms. The van der Waals surface area contributed by atoms with E-state index < -0.39 is 12.1 Å². The second-order valence-electron chi connectivity index (χ2n) is 3.01. The first-order valence-corrected chi connectivity index (χ1v) is 4.03. The summed E-state index contributed by atoms with van der Waals surface area (Å²) in [6, 6.07) is 0. The van der Waals surface area contributed by atoms with Crippen LogP contribution in [0.25, 0.3) is 0 Å². The van der Waals surface area contributed by atoms with Gasteiger partial charge in [0.1, 0.15) is 0 Å². The Balaban J connectivity index is 3.25.